The van der Waals surface area contributed by atoms with E-state index in [2.05, 4.69) is 20.4 Å². The predicted molar refractivity (Wildman–Crippen MR) is 125 cm³/mol. The maximum atomic E-state index is 14.2. The number of benzene rings is 1. The van der Waals surface area contributed by atoms with Gasteiger partial charge in [-0.1, -0.05) is 5.34 Å². The molecule has 5 rings (SSSR count). The lowest BCUT2D eigenvalue weighted by Gasteiger charge is -2.45. The molecule has 2 aromatic rings. The molecule has 2 aliphatic heterocycles. The highest BCUT2D eigenvalue weighted by molar-refractivity contribution is 6.40. The Hall–Kier alpha value is -2.27. The molecule has 0 spiro atoms. The summed E-state index contributed by atoms with van der Waals surface area (Å²) in [6.07, 6.45) is -2.11. The van der Waals surface area contributed by atoms with E-state index in [0.29, 0.717) is 57.3 Å². The predicted octanol–water partition coefficient (Wildman–Crippen LogP) is 4.12. The van der Waals surface area contributed by atoms with Crippen molar-refractivity contribution in [2.75, 3.05) is 31.6 Å². The number of nitrogens with one attached hydrogen (secondary N) is 1. The van der Waals surface area contributed by atoms with E-state index in [1.165, 1.54) is 0 Å². The molecule has 0 amide bonds. The van der Waals surface area contributed by atoms with E-state index in [0.717, 1.165) is 12.8 Å². The summed E-state index contributed by atoms with van der Waals surface area (Å²) in [5.41, 5.74) is -2.56. The molecule has 1 aliphatic carbocycles. The molecule has 2 saturated heterocycles. The van der Waals surface area contributed by atoms with Crippen LogP contribution in [0.25, 0.3) is 11.3 Å². The Morgan fingerprint density at radius 2 is 1.59 bits per heavy atom. The van der Waals surface area contributed by atoms with Crippen molar-refractivity contribution in [3.05, 3.63) is 41.2 Å². The molecule has 1 saturated carbocycles. The van der Waals surface area contributed by atoms with E-state index < -0.39 is 51.6 Å². The van der Waals surface area contributed by atoms with E-state index in [-0.39, 0.29) is 23.8 Å². The van der Waals surface area contributed by atoms with Gasteiger partial charge in [0.05, 0.1) is 21.4 Å². The fourth-order valence-electron chi connectivity index (χ4n) is 5.93. The summed E-state index contributed by atoms with van der Waals surface area (Å²) in [5, 5.41) is 9.16. The van der Waals surface area contributed by atoms with Gasteiger partial charge in [-0.15, -0.1) is 10.2 Å². The smallest absolute Gasteiger partial charge is 0.381 e. The first-order chi connectivity index (χ1) is 17.4. The summed E-state index contributed by atoms with van der Waals surface area (Å²) in [7, 11) is 13.1. The highest BCUT2D eigenvalue weighted by Gasteiger charge is 2.47. The first-order valence-electron chi connectivity index (χ1n) is 12.2. The van der Waals surface area contributed by atoms with Crippen molar-refractivity contribution in [1.29, 1.82) is 0 Å². The van der Waals surface area contributed by atoms with Crippen LogP contribution in [0, 0.1) is 35.2 Å². The average molecular weight is 520 g/mol. The van der Waals surface area contributed by atoms with Gasteiger partial charge >= 0.3 is 6.18 Å². The van der Waals surface area contributed by atoms with Crippen molar-refractivity contribution in [3.8, 4) is 11.3 Å². The molecule has 3 aliphatic rings. The van der Waals surface area contributed by atoms with Crippen molar-refractivity contribution >= 4 is 21.5 Å². The zero-order valence-corrected chi connectivity index (χ0v) is 19.9. The Bertz CT molecular complexity index is 1150. The fraction of sp³-hybridized carbons (Fsp3) is 0.583. The van der Waals surface area contributed by atoms with E-state index in [4.69, 9.17) is 20.4 Å². The van der Waals surface area contributed by atoms with Crippen molar-refractivity contribution < 1.29 is 31.1 Å². The van der Waals surface area contributed by atoms with E-state index in [1.807, 2.05) is 0 Å². The van der Waals surface area contributed by atoms with Crippen molar-refractivity contribution in [1.82, 2.24) is 15.1 Å². The Morgan fingerprint density at radius 3 is 2.22 bits per heavy atom. The standard InChI is InChI=1S/C24H24B2F6N4O/c25-23(26,14-1-3-37-4-2-14)36-10-12-5-16(6-13(12)11-36)33-22-18(24(30,31)32)9-20(34-35-22)17-7-15(27)8-19(28)21(17)29/h7-9,12-14,16H,1-6,10-11H2,(H,33,35)/t12-,13+,16?. The number of nitrogens with zero attached hydrogens (tertiary/aromatic N) is 3. The van der Waals surface area contributed by atoms with Gasteiger partial charge in [0.2, 0.25) is 0 Å². The summed E-state index contributed by atoms with van der Waals surface area (Å²) < 4.78 is 88.4. The molecule has 3 atom stereocenters. The molecule has 1 aromatic carbocycles. The van der Waals surface area contributed by atoms with Gasteiger partial charge in [-0.25, -0.2) is 13.2 Å². The van der Waals surface area contributed by atoms with Gasteiger partial charge < -0.3 is 15.0 Å². The van der Waals surface area contributed by atoms with Gasteiger partial charge in [0.25, 0.3) is 0 Å². The van der Waals surface area contributed by atoms with Gasteiger partial charge in [0.15, 0.2) is 17.5 Å². The fourth-order valence-corrected chi connectivity index (χ4v) is 5.93. The van der Waals surface area contributed by atoms with Crippen LogP contribution in [0.1, 0.15) is 31.2 Å². The largest absolute Gasteiger partial charge is 0.420 e. The molecule has 194 valence electrons. The number of anilines is 1. The quantitative estimate of drug-likeness (QED) is 0.366. The van der Waals surface area contributed by atoms with E-state index in [1.54, 1.807) is 0 Å². The van der Waals surface area contributed by atoms with Crippen LogP contribution in [0.2, 0.25) is 0 Å². The van der Waals surface area contributed by atoms with Gasteiger partial charge in [0.1, 0.15) is 11.4 Å². The van der Waals surface area contributed by atoms with Crippen molar-refractivity contribution in [2.24, 2.45) is 17.8 Å². The third-order valence-corrected chi connectivity index (χ3v) is 7.88. The van der Waals surface area contributed by atoms with Crippen LogP contribution in [0.4, 0.5) is 32.2 Å². The summed E-state index contributed by atoms with van der Waals surface area (Å²) in [5.74, 6) is -4.18. The number of likely N-dealkylation sites (tertiary alicyclic amines) is 1. The number of hydrogen-bond donors (Lipinski definition) is 1. The zero-order valence-electron chi connectivity index (χ0n) is 19.9. The maximum absolute atomic E-state index is 14.2. The summed E-state index contributed by atoms with van der Waals surface area (Å²) in [6.45, 7) is 2.54. The molecule has 0 bridgehead atoms. The van der Waals surface area contributed by atoms with Crippen LogP contribution in [-0.4, -0.2) is 68.5 Å². The highest BCUT2D eigenvalue weighted by atomic mass is 19.4. The van der Waals surface area contributed by atoms with Crippen LogP contribution < -0.4 is 5.32 Å². The summed E-state index contributed by atoms with van der Waals surface area (Å²) in [4.78, 5) is 2.08. The minimum Gasteiger partial charge on any atom is -0.381 e. The van der Waals surface area contributed by atoms with Gasteiger partial charge in [-0.3, -0.25) is 0 Å². The monoisotopic (exact) mass is 520 g/mol. The number of hydrogen-bond acceptors (Lipinski definition) is 5. The molecule has 3 heterocycles. The molecule has 13 heteroatoms. The van der Waals surface area contributed by atoms with E-state index in [9.17, 15) is 26.3 Å². The number of rotatable bonds is 5. The molecule has 4 radical (unpaired) electrons. The summed E-state index contributed by atoms with van der Waals surface area (Å²) >= 11 is 0. The van der Waals surface area contributed by atoms with Crippen molar-refractivity contribution in [2.45, 2.75) is 43.2 Å². The molecule has 1 N–H and O–H groups in total. The van der Waals surface area contributed by atoms with Crippen LogP contribution in [0.3, 0.4) is 0 Å². The van der Waals surface area contributed by atoms with Crippen LogP contribution in [-0.2, 0) is 10.9 Å². The minimum atomic E-state index is -4.86. The lowest BCUT2D eigenvalue weighted by molar-refractivity contribution is -0.137. The zero-order chi connectivity index (χ0) is 26.5. The van der Waals surface area contributed by atoms with Gasteiger partial charge in [0, 0.05) is 44.0 Å². The van der Waals surface area contributed by atoms with Crippen LogP contribution in [0.5, 0.6) is 0 Å². The second kappa shape index (κ2) is 9.80. The van der Waals surface area contributed by atoms with Crippen LogP contribution in [0.15, 0.2) is 18.2 Å². The topological polar surface area (TPSA) is 50.3 Å². The third kappa shape index (κ3) is 5.21. The van der Waals surface area contributed by atoms with E-state index >= 15 is 0 Å². The minimum absolute atomic E-state index is 0.105. The van der Waals surface area contributed by atoms with Crippen LogP contribution >= 0.6 is 0 Å². The lowest BCUT2D eigenvalue weighted by atomic mass is 9.52. The number of aromatic nitrogens is 2. The molecule has 3 fully saturated rings. The van der Waals surface area contributed by atoms with Gasteiger partial charge in [-0.05, 0) is 55.6 Å². The first-order valence-corrected chi connectivity index (χ1v) is 12.2. The Balaban J connectivity index is 1.30. The third-order valence-electron chi connectivity index (χ3n) is 7.88. The lowest BCUT2D eigenvalue weighted by Crippen LogP contribution is -2.56. The number of fused-ring (bicyclic) bond motifs is 1. The Kier molecular flexibility index (Phi) is 6.97. The SMILES string of the molecule is [B]C([B])(C1CCOCC1)N1C[C@H]2CC(Nc3nnc(-c4cc(F)cc(F)c4F)cc3C(F)(F)F)C[C@H]2C1. The molecule has 1 unspecified atom stereocenters. The highest BCUT2D eigenvalue weighted by Crippen LogP contribution is 2.44. The molecular weight excluding hydrogens is 496 g/mol. The Morgan fingerprint density at radius 1 is 0.946 bits per heavy atom. The molecule has 37 heavy (non-hydrogen) atoms. The number of halogens is 6. The normalized spacial score (nSPS) is 25.4. The molecular formula is C24H24B2F6N4O. The van der Waals surface area contributed by atoms with Crippen molar-refractivity contribution in [3.63, 3.8) is 0 Å². The number of ether oxygens (including phenoxy) is 1. The summed E-state index contributed by atoms with van der Waals surface area (Å²) in [6, 6.07) is 1.13. The second-order valence-corrected chi connectivity index (χ2v) is 10.3. The average Bonchev–Trinajstić information content (AvgIpc) is 3.41. The maximum Gasteiger partial charge on any atom is 0.420 e. The Labute approximate surface area is 213 Å². The second-order valence-electron chi connectivity index (χ2n) is 10.3. The molecule has 1 aromatic heterocycles. The first kappa shape index (κ1) is 26.3. The van der Waals surface area contributed by atoms with Gasteiger partial charge in [-0.2, -0.15) is 13.2 Å². The number of alkyl halides is 3. The molecule has 5 nitrogen and oxygen atoms in total.